The summed E-state index contributed by atoms with van der Waals surface area (Å²) >= 11 is 0. The van der Waals surface area contributed by atoms with Crippen molar-refractivity contribution in [2.45, 2.75) is 13.5 Å². The molecule has 0 radical (unpaired) electrons. The average molecular weight is 374 g/mol. The van der Waals surface area contributed by atoms with Crippen molar-refractivity contribution in [3.63, 3.8) is 0 Å². The highest BCUT2D eigenvalue weighted by Crippen LogP contribution is 2.19. The van der Waals surface area contributed by atoms with Crippen LogP contribution in [0.5, 0.6) is 5.75 Å². The molecule has 0 aliphatic carbocycles. The Morgan fingerprint density at radius 3 is 2.48 bits per heavy atom. The van der Waals surface area contributed by atoms with E-state index in [0.29, 0.717) is 30.2 Å². The van der Waals surface area contributed by atoms with Crippen LogP contribution in [0, 0.1) is 6.92 Å². The molecule has 25 heavy (non-hydrogen) atoms. The predicted octanol–water partition coefficient (Wildman–Crippen LogP) is 1.64. The van der Waals surface area contributed by atoms with Crippen LogP contribution in [-0.2, 0) is 0 Å². The number of halogens is 3. The van der Waals surface area contributed by atoms with Crippen LogP contribution in [0.15, 0.2) is 24.3 Å². The highest BCUT2D eigenvalue weighted by molar-refractivity contribution is 5.93. The Bertz CT molecular complexity index is 717. The largest absolute Gasteiger partial charge is 0.435 e. The molecule has 0 atom stereocenters. The lowest BCUT2D eigenvalue weighted by atomic mass is 10.2. The van der Waals surface area contributed by atoms with Crippen molar-refractivity contribution in [2.24, 2.45) is 0 Å². The fraction of sp³-hybridized carbons (Fsp3) is 0.400. The molecule has 136 valence electrons. The first-order valence-corrected chi connectivity index (χ1v) is 7.54. The zero-order valence-corrected chi connectivity index (χ0v) is 14.3. The van der Waals surface area contributed by atoms with Gasteiger partial charge in [-0.05, 0) is 31.2 Å². The van der Waals surface area contributed by atoms with Crippen molar-refractivity contribution in [1.82, 2.24) is 25.2 Å². The molecular formula is C15H18ClF2N5O2. The number of amides is 1. The number of hydrogen-bond donors (Lipinski definition) is 1. The number of piperazine rings is 1. The molecule has 0 bridgehead atoms. The zero-order valence-electron chi connectivity index (χ0n) is 13.5. The van der Waals surface area contributed by atoms with Crippen molar-refractivity contribution in [3.05, 3.63) is 35.7 Å². The lowest BCUT2D eigenvalue weighted by Crippen LogP contribution is -2.46. The maximum absolute atomic E-state index is 12.5. The van der Waals surface area contributed by atoms with Gasteiger partial charge in [0, 0.05) is 26.2 Å². The van der Waals surface area contributed by atoms with Crippen LogP contribution >= 0.6 is 12.4 Å². The van der Waals surface area contributed by atoms with Gasteiger partial charge in [-0.1, -0.05) is 5.21 Å². The predicted molar refractivity (Wildman–Crippen MR) is 88.7 cm³/mol. The fourth-order valence-electron chi connectivity index (χ4n) is 2.56. The maximum Gasteiger partial charge on any atom is 0.387 e. The molecule has 1 saturated heterocycles. The molecule has 1 aromatic carbocycles. The maximum atomic E-state index is 12.5. The molecule has 2 heterocycles. The van der Waals surface area contributed by atoms with E-state index in [1.165, 1.54) is 16.8 Å². The van der Waals surface area contributed by atoms with Crippen LogP contribution in [0.4, 0.5) is 8.78 Å². The van der Waals surface area contributed by atoms with Gasteiger partial charge in [0.2, 0.25) is 0 Å². The van der Waals surface area contributed by atoms with Gasteiger partial charge in [-0.15, -0.1) is 17.5 Å². The van der Waals surface area contributed by atoms with Gasteiger partial charge in [-0.25, -0.2) is 4.68 Å². The van der Waals surface area contributed by atoms with Gasteiger partial charge >= 0.3 is 6.61 Å². The molecule has 1 N–H and O–H groups in total. The van der Waals surface area contributed by atoms with Crippen molar-refractivity contribution >= 4 is 18.3 Å². The second-order valence-corrected chi connectivity index (χ2v) is 5.35. The minimum atomic E-state index is -2.87. The second-order valence-electron chi connectivity index (χ2n) is 5.35. The first kappa shape index (κ1) is 19.1. The van der Waals surface area contributed by atoms with Gasteiger partial charge < -0.3 is 15.0 Å². The first-order chi connectivity index (χ1) is 11.6. The highest BCUT2D eigenvalue weighted by Gasteiger charge is 2.24. The Morgan fingerprint density at radius 2 is 1.88 bits per heavy atom. The summed E-state index contributed by atoms with van der Waals surface area (Å²) in [7, 11) is 0. The molecule has 3 rings (SSSR count). The summed E-state index contributed by atoms with van der Waals surface area (Å²) in [5.41, 5.74) is 1.51. The second kappa shape index (κ2) is 8.21. The molecule has 7 nitrogen and oxygen atoms in total. The van der Waals surface area contributed by atoms with E-state index < -0.39 is 6.61 Å². The molecule has 0 saturated carbocycles. The third kappa shape index (κ3) is 4.23. The summed E-state index contributed by atoms with van der Waals surface area (Å²) in [6.45, 7) is 1.65. The molecule has 10 heteroatoms. The van der Waals surface area contributed by atoms with E-state index in [1.807, 2.05) is 0 Å². The minimum Gasteiger partial charge on any atom is -0.435 e. The number of rotatable bonds is 4. The SMILES string of the molecule is Cc1c(C(=O)N2CCNCC2)nnn1-c1ccc(OC(F)F)cc1.Cl. The minimum absolute atomic E-state index is 0. The Balaban J connectivity index is 0.00000225. The van der Waals surface area contributed by atoms with Crippen LogP contribution in [-0.4, -0.2) is 58.6 Å². The number of nitrogens with one attached hydrogen (secondary N) is 1. The van der Waals surface area contributed by atoms with Crippen LogP contribution < -0.4 is 10.1 Å². The quantitative estimate of drug-likeness (QED) is 0.882. The highest BCUT2D eigenvalue weighted by atomic mass is 35.5. The monoisotopic (exact) mass is 373 g/mol. The normalized spacial score (nSPS) is 14.3. The van der Waals surface area contributed by atoms with E-state index >= 15 is 0 Å². The fourth-order valence-corrected chi connectivity index (χ4v) is 2.56. The van der Waals surface area contributed by atoms with Gasteiger partial charge in [0.1, 0.15) is 5.75 Å². The number of alkyl halides is 2. The topological polar surface area (TPSA) is 72.3 Å². The molecular weight excluding hydrogens is 356 g/mol. The van der Waals surface area contributed by atoms with E-state index in [2.05, 4.69) is 20.4 Å². The standard InChI is InChI=1S/C15H17F2N5O2.ClH/c1-10-13(14(23)21-8-6-18-7-9-21)19-20-22(10)11-2-4-12(5-3-11)24-15(16)17;/h2-5,15,18H,6-9H2,1H3;1H. The Kier molecular flexibility index (Phi) is 6.27. The van der Waals surface area contributed by atoms with Gasteiger partial charge in [0.25, 0.3) is 5.91 Å². The van der Waals surface area contributed by atoms with Crippen molar-refractivity contribution in [2.75, 3.05) is 26.2 Å². The number of carbonyl (C=O) groups excluding carboxylic acids is 1. The van der Waals surface area contributed by atoms with E-state index in [-0.39, 0.29) is 24.1 Å². The van der Waals surface area contributed by atoms with Crippen LogP contribution in [0.25, 0.3) is 5.69 Å². The summed E-state index contributed by atoms with van der Waals surface area (Å²) < 4.78 is 30.2. The van der Waals surface area contributed by atoms with Crippen molar-refractivity contribution in [3.8, 4) is 11.4 Å². The average Bonchev–Trinajstić information content (AvgIpc) is 2.97. The Hall–Kier alpha value is -2.26. The smallest absolute Gasteiger partial charge is 0.387 e. The van der Waals surface area contributed by atoms with Gasteiger partial charge in [0.05, 0.1) is 11.4 Å². The molecule has 2 aromatic rings. The molecule has 1 amide bonds. The number of benzene rings is 1. The van der Waals surface area contributed by atoms with Gasteiger partial charge in [0.15, 0.2) is 5.69 Å². The summed E-state index contributed by atoms with van der Waals surface area (Å²) in [6.07, 6.45) is 0. The number of ether oxygens (including phenoxy) is 1. The van der Waals surface area contributed by atoms with E-state index in [1.54, 1.807) is 24.0 Å². The first-order valence-electron chi connectivity index (χ1n) is 7.54. The Labute approximate surface area is 149 Å². The summed E-state index contributed by atoms with van der Waals surface area (Å²) in [5, 5.41) is 11.2. The zero-order chi connectivity index (χ0) is 17.1. The van der Waals surface area contributed by atoms with Crippen molar-refractivity contribution < 1.29 is 18.3 Å². The van der Waals surface area contributed by atoms with Gasteiger partial charge in [-0.2, -0.15) is 8.78 Å². The molecule has 1 fully saturated rings. The number of aromatic nitrogens is 3. The van der Waals surface area contributed by atoms with Crippen molar-refractivity contribution in [1.29, 1.82) is 0 Å². The van der Waals surface area contributed by atoms with E-state index in [9.17, 15) is 13.6 Å². The van der Waals surface area contributed by atoms with E-state index in [0.717, 1.165) is 13.1 Å². The molecule has 0 spiro atoms. The summed E-state index contributed by atoms with van der Waals surface area (Å²) in [6, 6.07) is 6.00. The summed E-state index contributed by atoms with van der Waals surface area (Å²) in [4.78, 5) is 14.3. The number of hydrogen-bond acceptors (Lipinski definition) is 5. The number of carbonyl (C=O) groups is 1. The molecule has 1 aliphatic rings. The van der Waals surface area contributed by atoms with E-state index in [4.69, 9.17) is 0 Å². The van der Waals surface area contributed by atoms with Crippen LogP contribution in [0.2, 0.25) is 0 Å². The third-order valence-electron chi connectivity index (χ3n) is 3.81. The molecule has 1 aromatic heterocycles. The van der Waals surface area contributed by atoms with Crippen LogP contribution in [0.3, 0.4) is 0 Å². The third-order valence-corrected chi connectivity index (χ3v) is 3.81. The van der Waals surface area contributed by atoms with Gasteiger partial charge in [-0.3, -0.25) is 4.79 Å². The lowest BCUT2D eigenvalue weighted by Gasteiger charge is -2.26. The molecule has 0 unspecified atom stereocenters. The van der Waals surface area contributed by atoms with Crippen LogP contribution in [0.1, 0.15) is 16.2 Å². The Morgan fingerprint density at radius 1 is 1.24 bits per heavy atom. The lowest BCUT2D eigenvalue weighted by molar-refractivity contribution is -0.0498. The number of nitrogens with zero attached hydrogens (tertiary/aromatic N) is 4. The summed E-state index contributed by atoms with van der Waals surface area (Å²) in [5.74, 6) is -0.0958. The molecule has 1 aliphatic heterocycles.